The predicted octanol–water partition coefficient (Wildman–Crippen LogP) is -0.902. The van der Waals surface area contributed by atoms with E-state index in [9.17, 15) is 19.4 Å². The zero-order valence-electron chi connectivity index (χ0n) is 6.06. The predicted molar refractivity (Wildman–Crippen MR) is 24.4 cm³/mol. The number of nitro groups is 1. The van der Waals surface area contributed by atoms with E-state index >= 15 is 0 Å². The van der Waals surface area contributed by atoms with Crippen molar-refractivity contribution in [3.63, 3.8) is 0 Å². The molecule has 0 aliphatic heterocycles. The molecular weight excluding hydrogens is 194 g/mol. The Bertz CT molecular complexity index is 175. The van der Waals surface area contributed by atoms with E-state index in [2.05, 4.69) is 0 Å². The van der Waals surface area contributed by atoms with Crippen LogP contribution >= 0.6 is 10.4 Å². The molecule has 0 unspecified atom stereocenters. The number of nitrogens with one attached hydrogen (secondary N) is 1. The number of hydrazine groups is 1. The Balaban J connectivity index is -0.000000405. The summed E-state index contributed by atoms with van der Waals surface area (Å²) in [5.74, 6) is 0. The minimum absolute atomic E-state index is 0. The monoisotopic (exact) mass is 196 g/mol. The van der Waals surface area contributed by atoms with Crippen molar-refractivity contribution in [2.45, 2.75) is 0 Å². The Morgan fingerprint density at radius 3 is 1.55 bits per heavy atom. The van der Waals surface area contributed by atoms with Gasteiger partial charge in [-0.25, -0.2) is 10.1 Å². The van der Waals surface area contributed by atoms with Crippen LogP contribution in [0.1, 0.15) is 1.43 Å². The van der Waals surface area contributed by atoms with Crippen molar-refractivity contribution in [2.24, 2.45) is 0 Å². The van der Waals surface area contributed by atoms with Gasteiger partial charge in [0.05, 0.1) is 0 Å². The van der Waals surface area contributed by atoms with Crippen LogP contribution in [-0.4, -0.2) is 5.03 Å². The SMILES string of the molecule is O=[N+]([O-])NS(F)(F)(F)(F)F.[H-].[Li+]. The maximum atomic E-state index is 10.9. The van der Waals surface area contributed by atoms with Gasteiger partial charge in [0.15, 0.2) is 5.03 Å². The number of hydrogen-bond donors (Lipinski definition) is 1. The van der Waals surface area contributed by atoms with Crippen molar-refractivity contribution in [1.29, 1.82) is 0 Å². The standard InChI is InChI=1S/F5HN2O2S.Li.H/c1-10(2,3,4,5)6-7(8)9;;/h6H;;/q;+1;-1. The fraction of sp³-hybridized carbons (Fsp3) is 0. The third-order valence-corrected chi connectivity index (χ3v) is 0.741. The first kappa shape index (κ1) is 13.4. The van der Waals surface area contributed by atoms with E-state index in [0.29, 0.717) is 0 Å². The third kappa shape index (κ3) is 12.9. The second kappa shape index (κ2) is 2.15. The van der Waals surface area contributed by atoms with Gasteiger partial charge in [-0.3, -0.25) is 0 Å². The Hall–Kier alpha value is -0.203. The summed E-state index contributed by atoms with van der Waals surface area (Å²) in [5, 5.41) is 6.60. The van der Waals surface area contributed by atoms with Crippen molar-refractivity contribution >= 4 is 10.4 Å². The second-order valence-corrected chi connectivity index (χ2v) is 3.44. The van der Waals surface area contributed by atoms with Crippen molar-refractivity contribution in [3.8, 4) is 0 Å². The molecular formula is H2F5LiN2O2S. The summed E-state index contributed by atoms with van der Waals surface area (Å²) < 4.78 is 54.6. The summed E-state index contributed by atoms with van der Waals surface area (Å²) in [6.45, 7) is 0. The Morgan fingerprint density at radius 2 is 1.55 bits per heavy atom. The summed E-state index contributed by atoms with van der Waals surface area (Å²) in [7, 11) is -10.1. The molecule has 0 saturated carbocycles. The van der Waals surface area contributed by atoms with Crippen molar-refractivity contribution in [1.82, 2.24) is 4.83 Å². The fourth-order valence-electron chi connectivity index (χ4n) is 0.141. The molecule has 0 aromatic carbocycles. The number of nitrogens with zero attached hydrogens (tertiary/aromatic N) is 1. The van der Waals surface area contributed by atoms with Crippen molar-refractivity contribution < 1.29 is 44.7 Å². The van der Waals surface area contributed by atoms with Gasteiger partial charge in [-0.15, -0.1) is 0 Å². The molecule has 0 aromatic heterocycles. The van der Waals surface area contributed by atoms with Crippen molar-refractivity contribution in [3.05, 3.63) is 10.1 Å². The van der Waals surface area contributed by atoms with Crippen LogP contribution in [0.2, 0.25) is 0 Å². The summed E-state index contributed by atoms with van der Waals surface area (Å²) >= 11 is 0. The molecule has 0 atom stereocenters. The minimum atomic E-state index is -10.1. The van der Waals surface area contributed by atoms with Gasteiger partial charge >= 0.3 is 29.3 Å². The van der Waals surface area contributed by atoms with Crippen molar-refractivity contribution in [2.75, 3.05) is 0 Å². The van der Waals surface area contributed by atoms with E-state index < -0.39 is 20.3 Å². The van der Waals surface area contributed by atoms with Crippen LogP contribution in [0.15, 0.2) is 0 Å². The molecule has 0 heterocycles. The van der Waals surface area contributed by atoms with E-state index in [0.717, 1.165) is 0 Å². The van der Waals surface area contributed by atoms with E-state index in [4.69, 9.17) is 10.1 Å². The van der Waals surface area contributed by atoms with Crippen LogP contribution in [0, 0.1) is 10.1 Å². The molecule has 11 heteroatoms. The molecule has 0 aromatic rings. The van der Waals surface area contributed by atoms with Gasteiger partial charge in [0, 0.05) is 4.83 Å². The molecule has 0 rings (SSSR count). The molecule has 0 saturated heterocycles. The molecule has 11 heavy (non-hydrogen) atoms. The topological polar surface area (TPSA) is 55.2 Å². The number of rotatable bonds is 2. The molecule has 1 N–H and O–H groups in total. The van der Waals surface area contributed by atoms with Crippen LogP contribution in [0.25, 0.3) is 0 Å². The van der Waals surface area contributed by atoms with E-state index in [1.54, 1.807) is 0 Å². The average molecular weight is 196 g/mol. The third-order valence-electron chi connectivity index (χ3n) is 0.247. The molecule has 0 bridgehead atoms. The molecule has 0 radical (unpaired) electrons. The quantitative estimate of drug-likeness (QED) is 0.269. The van der Waals surface area contributed by atoms with Gasteiger partial charge in [0.2, 0.25) is 0 Å². The second-order valence-electron chi connectivity index (χ2n) is 1.32. The first-order valence-corrected chi connectivity index (χ1v) is 3.52. The van der Waals surface area contributed by atoms with Crippen LogP contribution < -0.4 is 23.7 Å². The van der Waals surface area contributed by atoms with E-state index in [1.165, 1.54) is 0 Å². The molecule has 66 valence electrons. The molecule has 0 amide bonds. The molecule has 0 fully saturated rings. The zero-order valence-corrected chi connectivity index (χ0v) is 5.88. The normalized spacial score (nSPS) is 17.2. The maximum absolute atomic E-state index is 10.9. The van der Waals surface area contributed by atoms with Gasteiger partial charge in [-0.05, 0) is 0 Å². The summed E-state index contributed by atoms with van der Waals surface area (Å²) in [5.41, 5.74) is 0. The Kier molecular flexibility index (Phi) is 2.61. The number of halogens is 5. The van der Waals surface area contributed by atoms with Gasteiger partial charge in [0.25, 0.3) is 0 Å². The Labute approximate surface area is 70.8 Å². The average Bonchev–Trinajstić information content (AvgIpc) is 1.12. The zero-order chi connectivity index (χ0) is 8.69. The molecule has 4 nitrogen and oxygen atoms in total. The van der Waals surface area contributed by atoms with Crippen LogP contribution in [-0.2, 0) is 0 Å². The summed E-state index contributed by atoms with van der Waals surface area (Å²) in [4.78, 5) is 7.99. The Morgan fingerprint density at radius 1 is 1.27 bits per heavy atom. The van der Waals surface area contributed by atoms with Gasteiger partial charge < -0.3 is 1.43 Å². The molecule has 0 aliphatic carbocycles. The summed E-state index contributed by atoms with van der Waals surface area (Å²) in [6.07, 6.45) is 0. The smallest absolute Gasteiger partial charge is 1.00 e. The van der Waals surface area contributed by atoms with E-state index in [1.807, 2.05) is 0 Å². The number of hydrogen-bond acceptors (Lipinski definition) is 2. The minimum Gasteiger partial charge on any atom is -1.00 e. The first-order valence-electron chi connectivity index (χ1n) is 1.56. The molecule has 0 aliphatic rings. The van der Waals surface area contributed by atoms with Crippen LogP contribution in [0.3, 0.4) is 0 Å². The maximum Gasteiger partial charge on any atom is 1.00 e. The van der Waals surface area contributed by atoms with Gasteiger partial charge in [-0.2, -0.15) is 0 Å². The summed E-state index contributed by atoms with van der Waals surface area (Å²) in [6, 6.07) is 0. The van der Waals surface area contributed by atoms with E-state index in [-0.39, 0.29) is 20.3 Å². The fourth-order valence-corrected chi connectivity index (χ4v) is 0.423. The first-order chi connectivity index (χ1) is 3.89. The molecule has 0 spiro atoms. The van der Waals surface area contributed by atoms with Crippen LogP contribution in [0.4, 0.5) is 19.4 Å². The van der Waals surface area contributed by atoms with Crippen LogP contribution in [0.5, 0.6) is 0 Å². The van der Waals surface area contributed by atoms with Gasteiger partial charge in [0.1, 0.15) is 0 Å². The largest absolute Gasteiger partial charge is 1.00 e. The van der Waals surface area contributed by atoms with Gasteiger partial charge in [-0.1, -0.05) is 19.4 Å².